The van der Waals surface area contributed by atoms with E-state index >= 15 is 0 Å². The van der Waals surface area contributed by atoms with Crippen molar-refractivity contribution in [3.8, 4) is 0 Å². The maximum Gasteiger partial charge on any atom is 0.252 e. The van der Waals surface area contributed by atoms with Gasteiger partial charge in [0, 0.05) is 17.7 Å². The monoisotopic (exact) mass is 372 g/mol. The second-order valence-corrected chi connectivity index (χ2v) is 6.64. The molecule has 1 fully saturated rings. The number of rotatable bonds is 6. The van der Waals surface area contributed by atoms with E-state index in [4.69, 9.17) is 0 Å². The molecule has 0 aromatic heterocycles. The van der Waals surface area contributed by atoms with Crippen LogP contribution >= 0.6 is 12.4 Å². The van der Waals surface area contributed by atoms with Crippen LogP contribution in [-0.4, -0.2) is 31.3 Å². The third kappa shape index (κ3) is 4.93. The van der Waals surface area contributed by atoms with Gasteiger partial charge in [0.25, 0.3) is 5.91 Å². The van der Waals surface area contributed by atoms with E-state index in [0.29, 0.717) is 29.2 Å². The highest BCUT2D eigenvalue weighted by molar-refractivity contribution is 6.15. The van der Waals surface area contributed by atoms with E-state index < -0.39 is 0 Å². The van der Waals surface area contributed by atoms with Gasteiger partial charge in [-0.25, -0.2) is 0 Å². The number of hydrogen-bond acceptors (Lipinski definition) is 3. The van der Waals surface area contributed by atoms with E-state index in [0.717, 1.165) is 25.1 Å². The highest BCUT2D eigenvalue weighted by Gasteiger charge is 2.19. The number of halogens is 1. The second kappa shape index (κ2) is 9.51. The van der Waals surface area contributed by atoms with Crippen LogP contribution in [0.2, 0.25) is 0 Å². The summed E-state index contributed by atoms with van der Waals surface area (Å²) in [7, 11) is 0. The van der Waals surface area contributed by atoms with Gasteiger partial charge in [0.15, 0.2) is 5.78 Å². The molecule has 5 heteroatoms. The molecule has 1 unspecified atom stereocenters. The zero-order chi connectivity index (χ0) is 17.6. The Labute approximate surface area is 160 Å². The topological polar surface area (TPSA) is 58.2 Å². The molecule has 0 radical (unpaired) electrons. The summed E-state index contributed by atoms with van der Waals surface area (Å²) in [6.45, 7) is 4.71. The fourth-order valence-electron chi connectivity index (χ4n) is 3.19. The molecule has 2 aromatic rings. The molecule has 1 saturated heterocycles. The van der Waals surface area contributed by atoms with Crippen LogP contribution in [0.3, 0.4) is 0 Å². The van der Waals surface area contributed by atoms with Crippen molar-refractivity contribution >= 4 is 24.1 Å². The zero-order valence-electron chi connectivity index (χ0n) is 15.0. The number of carbonyl (C=O) groups is 2. The quantitative estimate of drug-likeness (QED) is 0.764. The number of amides is 1. The average Bonchev–Trinajstić information content (AvgIpc) is 3.15. The Morgan fingerprint density at radius 3 is 2.42 bits per heavy atom. The first-order valence-electron chi connectivity index (χ1n) is 8.84. The van der Waals surface area contributed by atoms with Gasteiger partial charge in [-0.3, -0.25) is 9.59 Å². The molecule has 1 aliphatic rings. The standard InChI is InChI=1S/C21H24N2O2.ClH/c1-15-6-8-17(9-7-15)20(24)18-4-2-3-5-19(18)21(25)23-13-11-16-10-12-22-14-16;/h2-9,16,22H,10-14H2,1H3,(H,23,25);1H. The first-order valence-corrected chi connectivity index (χ1v) is 8.84. The highest BCUT2D eigenvalue weighted by Crippen LogP contribution is 2.16. The Morgan fingerprint density at radius 1 is 1.08 bits per heavy atom. The van der Waals surface area contributed by atoms with E-state index in [1.54, 1.807) is 36.4 Å². The minimum Gasteiger partial charge on any atom is -0.352 e. The van der Waals surface area contributed by atoms with Crippen LogP contribution in [0.1, 0.15) is 44.7 Å². The first-order chi connectivity index (χ1) is 12.1. The van der Waals surface area contributed by atoms with E-state index in [1.807, 2.05) is 19.1 Å². The number of aryl methyl sites for hydroxylation is 1. The smallest absolute Gasteiger partial charge is 0.252 e. The Kier molecular flexibility index (Phi) is 7.37. The summed E-state index contributed by atoms with van der Waals surface area (Å²) in [5.74, 6) is 0.331. The second-order valence-electron chi connectivity index (χ2n) is 6.64. The number of benzene rings is 2. The summed E-state index contributed by atoms with van der Waals surface area (Å²) in [6, 6.07) is 14.5. The number of nitrogens with one attached hydrogen (secondary N) is 2. The van der Waals surface area contributed by atoms with Crippen LogP contribution in [0.5, 0.6) is 0 Å². The van der Waals surface area contributed by atoms with Gasteiger partial charge >= 0.3 is 0 Å². The van der Waals surface area contributed by atoms with Crippen molar-refractivity contribution in [2.24, 2.45) is 5.92 Å². The molecular weight excluding hydrogens is 348 g/mol. The zero-order valence-corrected chi connectivity index (χ0v) is 15.8. The van der Waals surface area contributed by atoms with Gasteiger partial charge in [-0.1, -0.05) is 48.0 Å². The summed E-state index contributed by atoms with van der Waals surface area (Å²) in [5.41, 5.74) is 2.59. The van der Waals surface area contributed by atoms with Gasteiger partial charge in [-0.05, 0) is 44.8 Å². The van der Waals surface area contributed by atoms with Crippen LogP contribution in [0, 0.1) is 12.8 Å². The van der Waals surface area contributed by atoms with Crippen molar-refractivity contribution < 1.29 is 9.59 Å². The van der Waals surface area contributed by atoms with E-state index in [-0.39, 0.29) is 24.1 Å². The molecule has 2 aromatic carbocycles. The minimum absolute atomic E-state index is 0. The van der Waals surface area contributed by atoms with Crippen molar-refractivity contribution in [3.05, 3.63) is 70.8 Å². The molecule has 1 aliphatic heterocycles. The summed E-state index contributed by atoms with van der Waals surface area (Å²) >= 11 is 0. The summed E-state index contributed by atoms with van der Waals surface area (Å²) in [6.07, 6.45) is 2.13. The van der Waals surface area contributed by atoms with Crippen LogP contribution < -0.4 is 10.6 Å². The number of carbonyl (C=O) groups excluding carboxylic acids is 2. The molecule has 1 heterocycles. The lowest BCUT2D eigenvalue weighted by atomic mass is 9.97. The molecule has 138 valence electrons. The van der Waals surface area contributed by atoms with Crippen molar-refractivity contribution in [2.75, 3.05) is 19.6 Å². The Bertz CT molecular complexity index is 753. The van der Waals surface area contributed by atoms with Gasteiger partial charge < -0.3 is 10.6 Å². The number of hydrogen-bond donors (Lipinski definition) is 2. The molecule has 4 nitrogen and oxygen atoms in total. The molecule has 2 N–H and O–H groups in total. The van der Waals surface area contributed by atoms with E-state index in [1.165, 1.54) is 6.42 Å². The van der Waals surface area contributed by atoms with Crippen LogP contribution in [0.15, 0.2) is 48.5 Å². The predicted molar refractivity (Wildman–Crippen MR) is 106 cm³/mol. The molecule has 1 atom stereocenters. The SMILES string of the molecule is Cc1ccc(C(=O)c2ccccc2C(=O)NCCC2CCNC2)cc1.Cl. The first kappa shape index (κ1) is 20.1. The minimum atomic E-state index is -0.179. The van der Waals surface area contributed by atoms with Gasteiger partial charge in [-0.15, -0.1) is 12.4 Å². The molecule has 1 amide bonds. The van der Waals surface area contributed by atoms with Crippen molar-refractivity contribution in [2.45, 2.75) is 19.8 Å². The fourth-order valence-corrected chi connectivity index (χ4v) is 3.19. The predicted octanol–water partition coefficient (Wildman–Crippen LogP) is 3.38. The molecule has 0 spiro atoms. The van der Waals surface area contributed by atoms with Crippen LogP contribution in [0.25, 0.3) is 0 Å². The lowest BCUT2D eigenvalue weighted by molar-refractivity contribution is 0.0940. The highest BCUT2D eigenvalue weighted by atomic mass is 35.5. The molecule has 26 heavy (non-hydrogen) atoms. The lowest BCUT2D eigenvalue weighted by Crippen LogP contribution is -2.28. The normalized spacial score (nSPS) is 16.0. The Balaban J connectivity index is 0.00000243. The van der Waals surface area contributed by atoms with Crippen molar-refractivity contribution in [3.63, 3.8) is 0 Å². The third-order valence-electron chi connectivity index (χ3n) is 4.73. The van der Waals surface area contributed by atoms with Gasteiger partial charge in [0.05, 0.1) is 5.56 Å². The van der Waals surface area contributed by atoms with Gasteiger partial charge in [0.2, 0.25) is 0 Å². The maximum atomic E-state index is 12.8. The summed E-state index contributed by atoms with van der Waals surface area (Å²) in [5, 5.41) is 6.29. The van der Waals surface area contributed by atoms with Gasteiger partial charge in [-0.2, -0.15) is 0 Å². The summed E-state index contributed by atoms with van der Waals surface area (Å²) in [4.78, 5) is 25.3. The van der Waals surface area contributed by atoms with E-state index in [2.05, 4.69) is 10.6 Å². The fraction of sp³-hybridized carbons (Fsp3) is 0.333. The average molecular weight is 373 g/mol. The molecule has 0 saturated carbocycles. The lowest BCUT2D eigenvalue weighted by Gasteiger charge is -2.12. The van der Waals surface area contributed by atoms with Crippen molar-refractivity contribution in [1.82, 2.24) is 10.6 Å². The number of ketones is 1. The molecule has 3 rings (SSSR count). The van der Waals surface area contributed by atoms with Crippen molar-refractivity contribution in [1.29, 1.82) is 0 Å². The van der Waals surface area contributed by atoms with Gasteiger partial charge in [0.1, 0.15) is 0 Å². The largest absolute Gasteiger partial charge is 0.352 e. The molecular formula is C21H25ClN2O2. The third-order valence-corrected chi connectivity index (χ3v) is 4.73. The maximum absolute atomic E-state index is 12.8. The summed E-state index contributed by atoms with van der Waals surface area (Å²) < 4.78 is 0. The molecule has 0 aliphatic carbocycles. The van der Waals surface area contributed by atoms with E-state index in [9.17, 15) is 9.59 Å². The van der Waals surface area contributed by atoms with Crippen LogP contribution in [0.4, 0.5) is 0 Å². The molecule has 0 bridgehead atoms. The van der Waals surface area contributed by atoms with Crippen LogP contribution in [-0.2, 0) is 0 Å². The Hall–Kier alpha value is -2.17. The Morgan fingerprint density at radius 2 is 1.77 bits per heavy atom.